The Morgan fingerprint density at radius 1 is 1.32 bits per heavy atom. The van der Waals surface area contributed by atoms with E-state index in [-0.39, 0.29) is 6.04 Å². The Hall–Kier alpha value is -1.96. The first-order chi connectivity index (χ1) is 9.06. The van der Waals surface area contributed by atoms with Crippen LogP contribution in [-0.2, 0) is 14.1 Å². The molecule has 0 aliphatic heterocycles. The molecule has 3 aromatic heterocycles. The van der Waals surface area contributed by atoms with Gasteiger partial charge in [-0.25, -0.2) is 14.6 Å². The van der Waals surface area contributed by atoms with Crippen LogP contribution in [0.1, 0.15) is 24.5 Å². The molecule has 19 heavy (non-hydrogen) atoms. The zero-order chi connectivity index (χ0) is 13.6. The molecule has 0 saturated carbocycles. The SMILES string of the molecule is Cc1nn(C)c2nc(NC(C)c3ncnn3C)sc12. The van der Waals surface area contributed by atoms with E-state index < -0.39 is 0 Å². The van der Waals surface area contributed by atoms with Crippen molar-refractivity contribution in [1.29, 1.82) is 0 Å². The second-order valence-electron chi connectivity index (χ2n) is 4.49. The smallest absolute Gasteiger partial charge is 0.186 e. The maximum absolute atomic E-state index is 4.56. The van der Waals surface area contributed by atoms with E-state index in [0.29, 0.717) is 0 Å². The topological polar surface area (TPSA) is 73.5 Å². The molecule has 1 atom stereocenters. The number of fused-ring (bicyclic) bond motifs is 1. The third-order valence-corrected chi connectivity index (χ3v) is 4.10. The van der Waals surface area contributed by atoms with Crippen molar-refractivity contribution in [2.75, 3.05) is 5.32 Å². The van der Waals surface area contributed by atoms with Gasteiger partial charge in [0, 0.05) is 14.1 Å². The van der Waals surface area contributed by atoms with Crippen LogP contribution in [0.15, 0.2) is 6.33 Å². The number of anilines is 1. The standard InChI is InChI=1S/C11H15N7S/c1-6-8-10(18(4)16-6)15-11(19-8)14-7(2)9-12-5-13-17(9)3/h5,7H,1-4H3,(H,14,15). The van der Waals surface area contributed by atoms with E-state index in [2.05, 4.69) is 25.5 Å². The average molecular weight is 277 g/mol. The Kier molecular flexibility index (Phi) is 2.74. The van der Waals surface area contributed by atoms with Crippen LogP contribution in [0.25, 0.3) is 10.3 Å². The summed E-state index contributed by atoms with van der Waals surface area (Å²) in [6, 6.07) is 0.0568. The van der Waals surface area contributed by atoms with E-state index in [4.69, 9.17) is 0 Å². The fraction of sp³-hybridized carbons (Fsp3) is 0.455. The molecular formula is C11H15N7S. The predicted molar refractivity (Wildman–Crippen MR) is 74.2 cm³/mol. The van der Waals surface area contributed by atoms with Gasteiger partial charge in [-0.2, -0.15) is 10.2 Å². The quantitative estimate of drug-likeness (QED) is 0.788. The summed E-state index contributed by atoms with van der Waals surface area (Å²) in [6.45, 7) is 4.04. The largest absolute Gasteiger partial charge is 0.352 e. The summed E-state index contributed by atoms with van der Waals surface area (Å²) in [6.07, 6.45) is 1.56. The summed E-state index contributed by atoms with van der Waals surface area (Å²) in [5, 5.41) is 12.7. The Morgan fingerprint density at radius 3 is 2.74 bits per heavy atom. The van der Waals surface area contributed by atoms with Crippen LogP contribution in [0.4, 0.5) is 5.13 Å². The van der Waals surface area contributed by atoms with Gasteiger partial charge >= 0.3 is 0 Å². The van der Waals surface area contributed by atoms with Crippen molar-refractivity contribution in [3.05, 3.63) is 17.8 Å². The lowest BCUT2D eigenvalue weighted by atomic mass is 10.3. The lowest BCUT2D eigenvalue weighted by Crippen LogP contribution is -2.12. The van der Waals surface area contributed by atoms with Gasteiger partial charge in [-0.1, -0.05) is 11.3 Å². The number of hydrogen-bond donors (Lipinski definition) is 1. The van der Waals surface area contributed by atoms with E-state index in [9.17, 15) is 0 Å². The molecule has 1 N–H and O–H groups in total. The van der Waals surface area contributed by atoms with Gasteiger partial charge in [0.2, 0.25) is 0 Å². The van der Waals surface area contributed by atoms with Crippen LogP contribution in [-0.4, -0.2) is 29.5 Å². The highest BCUT2D eigenvalue weighted by molar-refractivity contribution is 7.22. The molecule has 0 fully saturated rings. The van der Waals surface area contributed by atoms with Gasteiger partial charge in [-0.3, -0.25) is 4.68 Å². The van der Waals surface area contributed by atoms with Crippen molar-refractivity contribution in [2.24, 2.45) is 14.1 Å². The summed E-state index contributed by atoms with van der Waals surface area (Å²) < 4.78 is 4.69. The minimum atomic E-state index is 0.0568. The molecule has 8 heteroatoms. The number of aryl methyl sites for hydroxylation is 3. The van der Waals surface area contributed by atoms with E-state index in [1.165, 1.54) is 0 Å². The molecule has 0 bridgehead atoms. The molecule has 0 spiro atoms. The van der Waals surface area contributed by atoms with Crippen LogP contribution < -0.4 is 5.32 Å². The molecule has 7 nitrogen and oxygen atoms in total. The molecule has 3 aromatic rings. The molecular weight excluding hydrogens is 262 g/mol. The van der Waals surface area contributed by atoms with Gasteiger partial charge in [-0.15, -0.1) is 0 Å². The van der Waals surface area contributed by atoms with Crippen LogP contribution >= 0.6 is 11.3 Å². The molecule has 0 aliphatic rings. The van der Waals surface area contributed by atoms with E-state index in [1.54, 1.807) is 27.0 Å². The first-order valence-electron chi connectivity index (χ1n) is 5.97. The van der Waals surface area contributed by atoms with Crippen LogP contribution in [0, 0.1) is 6.92 Å². The molecule has 3 heterocycles. The molecule has 0 amide bonds. The Morgan fingerprint density at radius 2 is 2.11 bits per heavy atom. The van der Waals surface area contributed by atoms with E-state index in [1.807, 2.05) is 27.9 Å². The van der Waals surface area contributed by atoms with Crippen LogP contribution in [0.3, 0.4) is 0 Å². The molecule has 0 aromatic carbocycles. The average Bonchev–Trinajstić information content (AvgIpc) is 2.99. The molecule has 0 aliphatic carbocycles. The minimum absolute atomic E-state index is 0.0568. The molecule has 0 radical (unpaired) electrons. The van der Waals surface area contributed by atoms with Crippen molar-refractivity contribution in [3.63, 3.8) is 0 Å². The van der Waals surface area contributed by atoms with Crippen molar-refractivity contribution < 1.29 is 0 Å². The number of nitrogens with one attached hydrogen (secondary N) is 1. The number of aromatic nitrogens is 6. The second kappa shape index (κ2) is 4.30. The zero-order valence-corrected chi connectivity index (χ0v) is 12.1. The van der Waals surface area contributed by atoms with Gasteiger partial charge in [0.15, 0.2) is 10.8 Å². The summed E-state index contributed by atoms with van der Waals surface area (Å²) in [5.41, 5.74) is 1.92. The minimum Gasteiger partial charge on any atom is -0.352 e. The van der Waals surface area contributed by atoms with Gasteiger partial charge in [0.25, 0.3) is 0 Å². The number of hydrogen-bond acceptors (Lipinski definition) is 6. The molecule has 100 valence electrons. The van der Waals surface area contributed by atoms with Crippen molar-refractivity contribution in [3.8, 4) is 0 Å². The van der Waals surface area contributed by atoms with Crippen LogP contribution in [0.5, 0.6) is 0 Å². The number of rotatable bonds is 3. The lowest BCUT2D eigenvalue weighted by Gasteiger charge is -2.11. The van der Waals surface area contributed by atoms with Gasteiger partial charge in [0.05, 0.1) is 16.4 Å². The molecule has 0 saturated heterocycles. The fourth-order valence-corrected chi connectivity index (χ4v) is 3.11. The Bertz CT molecular complexity index is 688. The van der Waals surface area contributed by atoms with Gasteiger partial charge in [0.1, 0.15) is 12.2 Å². The molecule has 3 rings (SSSR count). The highest BCUT2D eigenvalue weighted by Gasteiger charge is 2.16. The summed E-state index contributed by atoms with van der Waals surface area (Å²) >= 11 is 1.61. The van der Waals surface area contributed by atoms with Gasteiger partial charge < -0.3 is 5.32 Å². The predicted octanol–water partition coefficient (Wildman–Crippen LogP) is 1.64. The highest BCUT2D eigenvalue weighted by atomic mass is 32.1. The number of thiazole rings is 1. The van der Waals surface area contributed by atoms with Crippen molar-refractivity contribution in [2.45, 2.75) is 19.9 Å². The van der Waals surface area contributed by atoms with E-state index in [0.717, 1.165) is 27.0 Å². The highest BCUT2D eigenvalue weighted by Crippen LogP contribution is 2.30. The Balaban J connectivity index is 1.89. The first kappa shape index (κ1) is 12.1. The monoisotopic (exact) mass is 277 g/mol. The summed E-state index contributed by atoms with van der Waals surface area (Å²) in [5.74, 6) is 0.883. The third-order valence-electron chi connectivity index (χ3n) is 3.02. The van der Waals surface area contributed by atoms with E-state index >= 15 is 0 Å². The summed E-state index contributed by atoms with van der Waals surface area (Å²) in [4.78, 5) is 8.80. The van der Waals surface area contributed by atoms with Gasteiger partial charge in [-0.05, 0) is 13.8 Å². The van der Waals surface area contributed by atoms with Crippen LogP contribution in [0.2, 0.25) is 0 Å². The van der Waals surface area contributed by atoms with Crippen molar-refractivity contribution >= 4 is 26.8 Å². The summed E-state index contributed by atoms with van der Waals surface area (Å²) in [7, 11) is 3.79. The first-order valence-corrected chi connectivity index (χ1v) is 6.78. The Labute approximate surface area is 114 Å². The molecule has 1 unspecified atom stereocenters. The normalized spacial score (nSPS) is 13.1. The maximum Gasteiger partial charge on any atom is 0.186 e. The lowest BCUT2D eigenvalue weighted by molar-refractivity contribution is 0.661. The van der Waals surface area contributed by atoms with Crippen molar-refractivity contribution in [1.82, 2.24) is 29.5 Å². The second-order valence-corrected chi connectivity index (χ2v) is 5.49. The fourth-order valence-electron chi connectivity index (χ4n) is 2.09. The number of nitrogens with zero attached hydrogens (tertiary/aromatic N) is 6. The maximum atomic E-state index is 4.56. The third kappa shape index (κ3) is 1.97. The zero-order valence-electron chi connectivity index (χ0n) is 11.2.